The number of nitrogens with one attached hydrogen (secondary N) is 1. The molecule has 2 N–H and O–H groups in total. The van der Waals surface area contributed by atoms with Crippen molar-refractivity contribution in [2.75, 3.05) is 5.32 Å². The quantitative estimate of drug-likeness (QED) is 0.869. The van der Waals surface area contributed by atoms with Crippen LogP contribution in [-0.4, -0.2) is 37.7 Å². The van der Waals surface area contributed by atoms with Gasteiger partial charge in [0, 0.05) is 11.6 Å². The van der Waals surface area contributed by atoms with Crippen LogP contribution in [0.5, 0.6) is 0 Å². The number of aromatic nitrogens is 3. The van der Waals surface area contributed by atoms with Crippen LogP contribution in [0.25, 0.3) is 11.0 Å². The first-order valence-electron chi connectivity index (χ1n) is 6.12. The highest BCUT2D eigenvalue weighted by Crippen LogP contribution is 2.13. The van der Waals surface area contributed by atoms with E-state index in [1.807, 2.05) is 0 Å². The van der Waals surface area contributed by atoms with Crippen molar-refractivity contribution >= 4 is 29.0 Å². The van der Waals surface area contributed by atoms with Crippen molar-refractivity contribution in [1.82, 2.24) is 15.0 Å². The van der Waals surface area contributed by atoms with Gasteiger partial charge >= 0.3 is 12.1 Å². The molecule has 8 heteroatoms. The SMILES string of the molecule is CC(C)(C)OC(=O)Nc1ncc2ccc(C(=O)O)nc2n1. The van der Waals surface area contributed by atoms with E-state index >= 15 is 0 Å². The number of nitrogens with zero attached hydrogens (tertiary/aromatic N) is 3. The van der Waals surface area contributed by atoms with Crippen LogP contribution in [0.4, 0.5) is 10.7 Å². The van der Waals surface area contributed by atoms with Gasteiger partial charge in [-0.25, -0.2) is 19.6 Å². The molecule has 0 saturated heterocycles. The maximum Gasteiger partial charge on any atom is 0.414 e. The Morgan fingerprint density at radius 2 is 1.95 bits per heavy atom. The van der Waals surface area contributed by atoms with E-state index in [0.717, 1.165) is 0 Å². The highest BCUT2D eigenvalue weighted by Gasteiger charge is 2.17. The number of aromatic carboxylic acids is 1. The van der Waals surface area contributed by atoms with E-state index in [9.17, 15) is 9.59 Å². The van der Waals surface area contributed by atoms with Gasteiger partial charge in [0.25, 0.3) is 0 Å². The Bertz CT molecular complexity index is 709. The smallest absolute Gasteiger partial charge is 0.414 e. The second-order valence-corrected chi connectivity index (χ2v) is 5.23. The Morgan fingerprint density at radius 3 is 2.57 bits per heavy atom. The minimum absolute atomic E-state index is 0.00760. The molecule has 0 bridgehead atoms. The van der Waals surface area contributed by atoms with Gasteiger partial charge in [0.15, 0.2) is 11.3 Å². The molecular weight excluding hydrogens is 276 g/mol. The monoisotopic (exact) mass is 290 g/mol. The van der Waals surface area contributed by atoms with Gasteiger partial charge in [-0.2, -0.15) is 4.98 Å². The number of anilines is 1. The molecule has 1 amide bonds. The number of hydrogen-bond acceptors (Lipinski definition) is 6. The molecule has 0 atom stereocenters. The first-order chi connectivity index (χ1) is 9.74. The van der Waals surface area contributed by atoms with E-state index < -0.39 is 17.7 Å². The number of carbonyl (C=O) groups is 2. The first-order valence-corrected chi connectivity index (χ1v) is 6.12. The molecule has 0 aliphatic rings. The number of rotatable bonds is 2. The largest absolute Gasteiger partial charge is 0.477 e. The number of fused-ring (bicyclic) bond motifs is 1. The average molecular weight is 290 g/mol. The Labute approximate surface area is 120 Å². The minimum atomic E-state index is -1.16. The molecule has 0 aliphatic heterocycles. The van der Waals surface area contributed by atoms with Gasteiger partial charge < -0.3 is 9.84 Å². The molecule has 2 aromatic heterocycles. The Balaban J connectivity index is 2.25. The second kappa shape index (κ2) is 5.31. The number of carbonyl (C=O) groups excluding carboxylic acids is 1. The summed E-state index contributed by atoms with van der Waals surface area (Å²) in [6.45, 7) is 5.19. The van der Waals surface area contributed by atoms with E-state index in [0.29, 0.717) is 5.39 Å². The zero-order valence-electron chi connectivity index (χ0n) is 11.7. The summed E-state index contributed by atoms with van der Waals surface area (Å²) in [5.41, 5.74) is -0.601. The maximum atomic E-state index is 11.6. The van der Waals surface area contributed by atoms with E-state index in [2.05, 4.69) is 20.3 Å². The first kappa shape index (κ1) is 14.6. The molecule has 2 aromatic rings. The molecular formula is C13H14N4O4. The Morgan fingerprint density at radius 1 is 1.24 bits per heavy atom. The summed E-state index contributed by atoms with van der Waals surface area (Å²) >= 11 is 0. The fraction of sp³-hybridized carbons (Fsp3) is 0.308. The topological polar surface area (TPSA) is 114 Å². The standard InChI is InChI=1S/C13H14N4O4/c1-13(2,3)21-12(20)17-11-14-6-7-4-5-8(10(18)19)15-9(7)16-11/h4-6H,1-3H3,(H,18,19)(H,14,15,16,17,20). The van der Waals surface area contributed by atoms with Crippen molar-refractivity contribution < 1.29 is 19.4 Å². The summed E-state index contributed by atoms with van der Waals surface area (Å²) in [6, 6.07) is 2.90. The maximum absolute atomic E-state index is 11.6. The lowest BCUT2D eigenvalue weighted by Gasteiger charge is -2.19. The average Bonchev–Trinajstić information content (AvgIpc) is 2.35. The molecule has 0 fully saturated rings. The third-order valence-electron chi connectivity index (χ3n) is 2.27. The predicted molar refractivity (Wildman–Crippen MR) is 74.1 cm³/mol. The molecule has 0 unspecified atom stereocenters. The van der Waals surface area contributed by atoms with Crippen molar-refractivity contribution in [3.63, 3.8) is 0 Å². The fourth-order valence-corrected chi connectivity index (χ4v) is 1.48. The molecule has 21 heavy (non-hydrogen) atoms. The van der Waals surface area contributed by atoms with Crippen LogP contribution in [0.2, 0.25) is 0 Å². The summed E-state index contributed by atoms with van der Waals surface area (Å²) < 4.78 is 5.07. The molecule has 0 spiro atoms. The van der Waals surface area contributed by atoms with Crippen LogP contribution in [0.1, 0.15) is 31.3 Å². The van der Waals surface area contributed by atoms with Crippen LogP contribution in [0, 0.1) is 0 Å². The van der Waals surface area contributed by atoms with Gasteiger partial charge in [-0.3, -0.25) is 5.32 Å². The van der Waals surface area contributed by atoms with Gasteiger partial charge in [0.05, 0.1) is 0 Å². The summed E-state index contributed by atoms with van der Waals surface area (Å²) in [4.78, 5) is 34.3. The highest BCUT2D eigenvalue weighted by molar-refractivity contribution is 5.89. The molecule has 0 saturated carbocycles. The Hall–Kier alpha value is -2.77. The van der Waals surface area contributed by atoms with Crippen molar-refractivity contribution in [2.45, 2.75) is 26.4 Å². The molecule has 8 nitrogen and oxygen atoms in total. The number of hydrogen-bond donors (Lipinski definition) is 2. The molecule has 110 valence electrons. The van der Waals surface area contributed by atoms with E-state index in [1.165, 1.54) is 12.3 Å². The van der Waals surface area contributed by atoms with E-state index in [4.69, 9.17) is 9.84 Å². The number of carboxylic acid groups (broad SMARTS) is 1. The zero-order valence-corrected chi connectivity index (χ0v) is 11.7. The Kier molecular flexibility index (Phi) is 3.70. The zero-order chi connectivity index (χ0) is 15.6. The van der Waals surface area contributed by atoms with Crippen LogP contribution in [-0.2, 0) is 4.74 Å². The minimum Gasteiger partial charge on any atom is -0.477 e. The molecule has 0 radical (unpaired) electrons. The van der Waals surface area contributed by atoms with Crippen LogP contribution >= 0.6 is 0 Å². The lowest BCUT2D eigenvalue weighted by Crippen LogP contribution is -2.27. The van der Waals surface area contributed by atoms with Crippen molar-refractivity contribution in [3.05, 3.63) is 24.0 Å². The van der Waals surface area contributed by atoms with Crippen molar-refractivity contribution in [2.24, 2.45) is 0 Å². The number of pyridine rings is 1. The van der Waals surface area contributed by atoms with E-state index in [1.54, 1.807) is 26.8 Å². The second-order valence-electron chi connectivity index (χ2n) is 5.23. The van der Waals surface area contributed by atoms with Gasteiger partial charge in [-0.15, -0.1) is 0 Å². The van der Waals surface area contributed by atoms with Crippen molar-refractivity contribution in [1.29, 1.82) is 0 Å². The van der Waals surface area contributed by atoms with Crippen molar-refractivity contribution in [3.8, 4) is 0 Å². The van der Waals surface area contributed by atoms with Crippen LogP contribution in [0.3, 0.4) is 0 Å². The van der Waals surface area contributed by atoms with Gasteiger partial charge in [-0.05, 0) is 32.9 Å². The third-order valence-corrected chi connectivity index (χ3v) is 2.27. The van der Waals surface area contributed by atoms with Gasteiger partial charge in [0.1, 0.15) is 5.60 Å². The van der Waals surface area contributed by atoms with E-state index in [-0.39, 0.29) is 17.3 Å². The molecule has 2 heterocycles. The summed E-state index contributed by atoms with van der Waals surface area (Å²) in [7, 11) is 0. The predicted octanol–water partition coefficient (Wildman–Crippen LogP) is 2.07. The highest BCUT2D eigenvalue weighted by atomic mass is 16.6. The van der Waals surface area contributed by atoms with Gasteiger partial charge in [0.2, 0.25) is 5.95 Å². The number of amides is 1. The summed E-state index contributed by atoms with van der Waals surface area (Å²) in [5.74, 6) is -1.16. The summed E-state index contributed by atoms with van der Waals surface area (Å²) in [6.07, 6.45) is 0.740. The van der Waals surface area contributed by atoms with Crippen LogP contribution < -0.4 is 5.32 Å². The molecule has 2 rings (SSSR count). The van der Waals surface area contributed by atoms with Gasteiger partial charge in [-0.1, -0.05) is 0 Å². The summed E-state index contributed by atoms with van der Waals surface area (Å²) in [5, 5.41) is 11.8. The third kappa shape index (κ3) is 3.85. The van der Waals surface area contributed by atoms with Crippen LogP contribution in [0.15, 0.2) is 18.3 Å². The molecule has 0 aliphatic carbocycles. The lowest BCUT2D eigenvalue weighted by molar-refractivity contribution is 0.0632. The lowest BCUT2D eigenvalue weighted by atomic mass is 10.2. The fourth-order valence-electron chi connectivity index (χ4n) is 1.48. The number of ether oxygens (including phenoxy) is 1. The normalized spacial score (nSPS) is 11.2. The molecule has 0 aromatic carbocycles. The number of carboxylic acids is 1.